The van der Waals surface area contributed by atoms with Gasteiger partial charge in [0, 0.05) is 13.1 Å². The molecule has 0 unspecified atom stereocenters. The van der Waals surface area contributed by atoms with Crippen molar-refractivity contribution in [1.29, 1.82) is 0 Å². The van der Waals surface area contributed by atoms with Crippen molar-refractivity contribution in [3.8, 4) is 0 Å². The fourth-order valence-corrected chi connectivity index (χ4v) is 1.36. The SMILES string of the molecule is CC.CCN(CC)CCN(CC)CC. The quantitative estimate of drug-likeness (QED) is 0.626. The summed E-state index contributed by atoms with van der Waals surface area (Å²) in [5.74, 6) is 0. The van der Waals surface area contributed by atoms with E-state index in [-0.39, 0.29) is 0 Å². The molecule has 2 heteroatoms. The third-order valence-electron chi connectivity index (χ3n) is 2.52. The van der Waals surface area contributed by atoms with Crippen LogP contribution in [0.25, 0.3) is 0 Å². The standard InChI is InChI=1S/C10H24N2.C2H6/c1-5-11(6-2)9-10-12(7-3)8-4;1-2/h5-10H2,1-4H3;1-2H3. The van der Waals surface area contributed by atoms with Gasteiger partial charge in [0.15, 0.2) is 0 Å². The third-order valence-corrected chi connectivity index (χ3v) is 2.52. The van der Waals surface area contributed by atoms with E-state index < -0.39 is 0 Å². The third kappa shape index (κ3) is 8.52. The van der Waals surface area contributed by atoms with Crippen molar-refractivity contribution in [2.45, 2.75) is 41.5 Å². The molecule has 0 aromatic carbocycles. The smallest absolute Gasteiger partial charge is 0.0109 e. The molecule has 88 valence electrons. The summed E-state index contributed by atoms with van der Waals surface area (Å²) < 4.78 is 0. The predicted molar refractivity (Wildman–Crippen MR) is 66.9 cm³/mol. The molecule has 0 atom stereocenters. The number of rotatable bonds is 7. The van der Waals surface area contributed by atoms with Crippen molar-refractivity contribution in [2.75, 3.05) is 39.3 Å². The summed E-state index contributed by atoms with van der Waals surface area (Å²) in [6.07, 6.45) is 0. The molecule has 0 aliphatic rings. The zero-order chi connectivity index (χ0) is 11.4. The number of nitrogens with zero attached hydrogens (tertiary/aromatic N) is 2. The molecule has 14 heavy (non-hydrogen) atoms. The van der Waals surface area contributed by atoms with Crippen molar-refractivity contribution >= 4 is 0 Å². The molecule has 0 aliphatic heterocycles. The minimum absolute atomic E-state index is 1.18. The molecule has 0 aliphatic carbocycles. The Balaban J connectivity index is 0. The van der Waals surface area contributed by atoms with Crippen LogP contribution in [-0.2, 0) is 0 Å². The second kappa shape index (κ2) is 12.9. The highest BCUT2D eigenvalue weighted by Crippen LogP contribution is 1.90. The molecule has 0 aromatic heterocycles. The molecule has 0 bridgehead atoms. The van der Waals surface area contributed by atoms with Crippen LogP contribution in [0, 0.1) is 0 Å². The van der Waals surface area contributed by atoms with Crippen LogP contribution in [-0.4, -0.2) is 49.1 Å². The molecule has 0 fully saturated rings. The lowest BCUT2D eigenvalue weighted by atomic mass is 10.4. The maximum Gasteiger partial charge on any atom is 0.0109 e. The first-order valence-electron chi connectivity index (χ1n) is 6.23. The molecule has 0 spiro atoms. The van der Waals surface area contributed by atoms with E-state index >= 15 is 0 Å². The van der Waals surface area contributed by atoms with Gasteiger partial charge in [-0.2, -0.15) is 0 Å². The van der Waals surface area contributed by atoms with Crippen LogP contribution in [0.5, 0.6) is 0 Å². The molecular formula is C12H30N2. The summed E-state index contributed by atoms with van der Waals surface area (Å²) in [7, 11) is 0. The van der Waals surface area contributed by atoms with Gasteiger partial charge in [0.2, 0.25) is 0 Å². The molecule has 0 rings (SSSR count). The summed E-state index contributed by atoms with van der Waals surface area (Å²) in [5, 5.41) is 0. The van der Waals surface area contributed by atoms with Gasteiger partial charge in [-0.3, -0.25) is 0 Å². The van der Waals surface area contributed by atoms with Crippen LogP contribution >= 0.6 is 0 Å². The van der Waals surface area contributed by atoms with Crippen molar-refractivity contribution in [1.82, 2.24) is 9.80 Å². The van der Waals surface area contributed by atoms with Gasteiger partial charge in [-0.25, -0.2) is 0 Å². The van der Waals surface area contributed by atoms with Crippen molar-refractivity contribution < 1.29 is 0 Å². The molecule has 0 amide bonds. The van der Waals surface area contributed by atoms with Crippen LogP contribution in [0.1, 0.15) is 41.5 Å². The van der Waals surface area contributed by atoms with Gasteiger partial charge < -0.3 is 9.80 Å². The Morgan fingerprint density at radius 3 is 0.929 bits per heavy atom. The molecule has 0 radical (unpaired) electrons. The number of likely N-dealkylation sites (N-methyl/N-ethyl adjacent to an activating group) is 2. The Kier molecular flexibility index (Phi) is 15.1. The van der Waals surface area contributed by atoms with Gasteiger partial charge in [-0.15, -0.1) is 0 Å². The second-order valence-electron chi connectivity index (χ2n) is 3.05. The van der Waals surface area contributed by atoms with E-state index in [1.54, 1.807) is 0 Å². The van der Waals surface area contributed by atoms with E-state index in [1.807, 2.05) is 13.8 Å². The monoisotopic (exact) mass is 202 g/mol. The highest BCUT2D eigenvalue weighted by atomic mass is 15.2. The molecule has 0 heterocycles. The molecule has 2 nitrogen and oxygen atoms in total. The zero-order valence-corrected chi connectivity index (χ0v) is 11.1. The van der Waals surface area contributed by atoms with Crippen molar-refractivity contribution in [3.05, 3.63) is 0 Å². The second-order valence-corrected chi connectivity index (χ2v) is 3.05. The zero-order valence-electron chi connectivity index (χ0n) is 11.1. The number of hydrogen-bond acceptors (Lipinski definition) is 2. The van der Waals surface area contributed by atoms with Crippen molar-refractivity contribution in [3.63, 3.8) is 0 Å². The van der Waals surface area contributed by atoms with Gasteiger partial charge >= 0.3 is 0 Å². The summed E-state index contributed by atoms with van der Waals surface area (Å²) in [6.45, 7) is 20.1. The maximum atomic E-state index is 2.47. The van der Waals surface area contributed by atoms with Gasteiger partial charge in [0.05, 0.1) is 0 Å². The van der Waals surface area contributed by atoms with Crippen LogP contribution < -0.4 is 0 Å². The lowest BCUT2D eigenvalue weighted by molar-refractivity contribution is 0.227. The minimum atomic E-state index is 1.18. The molecule has 0 aromatic rings. The van der Waals surface area contributed by atoms with E-state index in [2.05, 4.69) is 37.5 Å². The Bertz CT molecular complexity index is 74.3. The van der Waals surface area contributed by atoms with Crippen LogP contribution in [0.4, 0.5) is 0 Å². The van der Waals surface area contributed by atoms with E-state index in [9.17, 15) is 0 Å². The van der Waals surface area contributed by atoms with Gasteiger partial charge in [0.25, 0.3) is 0 Å². The normalized spacial score (nSPS) is 10.3. The van der Waals surface area contributed by atoms with Gasteiger partial charge in [-0.05, 0) is 26.2 Å². The summed E-state index contributed by atoms with van der Waals surface area (Å²) in [6, 6.07) is 0. The first kappa shape index (κ1) is 16.4. The van der Waals surface area contributed by atoms with E-state index in [0.717, 1.165) is 0 Å². The summed E-state index contributed by atoms with van der Waals surface area (Å²) in [4.78, 5) is 4.94. The van der Waals surface area contributed by atoms with E-state index in [4.69, 9.17) is 0 Å². The lowest BCUT2D eigenvalue weighted by Gasteiger charge is -2.23. The van der Waals surface area contributed by atoms with Gasteiger partial charge in [0.1, 0.15) is 0 Å². The molecule has 0 saturated heterocycles. The highest BCUT2D eigenvalue weighted by molar-refractivity contribution is 4.58. The van der Waals surface area contributed by atoms with Crippen LogP contribution in [0.2, 0.25) is 0 Å². The first-order valence-corrected chi connectivity index (χ1v) is 6.23. The summed E-state index contributed by atoms with van der Waals surface area (Å²) in [5.41, 5.74) is 0. The topological polar surface area (TPSA) is 6.48 Å². The fourth-order valence-electron chi connectivity index (χ4n) is 1.36. The predicted octanol–water partition coefficient (Wildman–Crippen LogP) is 2.70. The molecule has 0 saturated carbocycles. The van der Waals surface area contributed by atoms with Gasteiger partial charge in [-0.1, -0.05) is 41.5 Å². The van der Waals surface area contributed by atoms with Crippen LogP contribution in [0.3, 0.4) is 0 Å². The average Bonchev–Trinajstić information content (AvgIpc) is 2.28. The molecule has 0 N–H and O–H groups in total. The van der Waals surface area contributed by atoms with Crippen LogP contribution in [0.15, 0.2) is 0 Å². The maximum absolute atomic E-state index is 2.47. The van der Waals surface area contributed by atoms with E-state index in [0.29, 0.717) is 0 Å². The van der Waals surface area contributed by atoms with Crippen molar-refractivity contribution in [2.24, 2.45) is 0 Å². The Labute approximate surface area is 91.3 Å². The Hall–Kier alpha value is -0.0800. The fraction of sp³-hybridized carbons (Fsp3) is 1.00. The number of hydrogen-bond donors (Lipinski definition) is 0. The molecular weight excluding hydrogens is 172 g/mol. The largest absolute Gasteiger partial charge is 0.303 e. The minimum Gasteiger partial charge on any atom is -0.303 e. The Morgan fingerprint density at radius 1 is 0.571 bits per heavy atom. The Morgan fingerprint density at radius 2 is 0.786 bits per heavy atom. The van der Waals surface area contributed by atoms with E-state index in [1.165, 1.54) is 39.3 Å². The summed E-state index contributed by atoms with van der Waals surface area (Å²) >= 11 is 0. The highest BCUT2D eigenvalue weighted by Gasteiger charge is 2.02. The lowest BCUT2D eigenvalue weighted by Crippen LogP contribution is -2.34. The first-order chi connectivity index (χ1) is 6.78. The average molecular weight is 202 g/mol.